The summed E-state index contributed by atoms with van der Waals surface area (Å²) in [5.41, 5.74) is 2.87. The standard InChI is InChI=1S/C28H26ClN3O3S/c1-20-12-14-22(15-13-20)36(34,35)32-18-16-31(17-19-32)27-25(29)10-5-11-26(27)30-28(33)24-9-4-7-21-6-2-3-8-23(21)24/h2-15H,16-19H2,1H3,(H,30,33). The Hall–Kier alpha value is -3.39. The summed E-state index contributed by atoms with van der Waals surface area (Å²) in [4.78, 5) is 15.6. The minimum atomic E-state index is -3.58. The lowest BCUT2D eigenvalue weighted by Crippen LogP contribution is -2.49. The van der Waals surface area contributed by atoms with E-state index in [-0.39, 0.29) is 5.91 Å². The summed E-state index contributed by atoms with van der Waals surface area (Å²) in [5.74, 6) is -0.226. The molecule has 0 aliphatic carbocycles. The van der Waals surface area contributed by atoms with Gasteiger partial charge in [0.2, 0.25) is 10.0 Å². The third-order valence-electron chi connectivity index (χ3n) is 6.48. The highest BCUT2D eigenvalue weighted by Gasteiger charge is 2.30. The van der Waals surface area contributed by atoms with Crippen LogP contribution in [0.3, 0.4) is 0 Å². The molecule has 0 bridgehead atoms. The highest BCUT2D eigenvalue weighted by Crippen LogP contribution is 2.35. The van der Waals surface area contributed by atoms with E-state index in [0.717, 1.165) is 16.3 Å². The fourth-order valence-electron chi connectivity index (χ4n) is 4.56. The molecule has 1 fully saturated rings. The van der Waals surface area contributed by atoms with Gasteiger partial charge in [-0.2, -0.15) is 4.31 Å². The van der Waals surface area contributed by atoms with Crippen molar-refractivity contribution in [3.05, 3.63) is 101 Å². The van der Waals surface area contributed by atoms with E-state index in [1.165, 1.54) is 4.31 Å². The van der Waals surface area contributed by atoms with Crippen LogP contribution in [-0.4, -0.2) is 44.8 Å². The average Bonchev–Trinajstić information content (AvgIpc) is 2.89. The van der Waals surface area contributed by atoms with E-state index in [9.17, 15) is 13.2 Å². The third-order valence-corrected chi connectivity index (χ3v) is 8.70. The molecule has 0 radical (unpaired) electrons. The number of sulfonamides is 1. The number of fused-ring (bicyclic) bond motifs is 1. The van der Waals surface area contributed by atoms with Crippen LogP contribution in [0.1, 0.15) is 15.9 Å². The van der Waals surface area contributed by atoms with Crippen molar-refractivity contribution in [1.82, 2.24) is 4.31 Å². The molecule has 1 N–H and O–H groups in total. The van der Waals surface area contributed by atoms with E-state index in [0.29, 0.717) is 53.0 Å². The highest BCUT2D eigenvalue weighted by molar-refractivity contribution is 7.89. The molecule has 0 atom stereocenters. The predicted molar refractivity (Wildman–Crippen MR) is 146 cm³/mol. The number of carbonyl (C=O) groups is 1. The molecule has 1 saturated heterocycles. The number of halogens is 1. The van der Waals surface area contributed by atoms with Crippen molar-refractivity contribution >= 4 is 49.7 Å². The Kier molecular flexibility index (Phi) is 6.71. The SMILES string of the molecule is Cc1ccc(S(=O)(=O)N2CCN(c3c(Cl)cccc3NC(=O)c3cccc4ccccc34)CC2)cc1. The summed E-state index contributed by atoms with van der Waals surface area (Å²) in [5, 5.41) is 5.39. The number of hydrogen-bond acceptors (Lipinski definition) is 4. The van der Waals surface area contributed by atoms with E-state index in [2.05, 4.69) is 5.32 Å². The maximum atomic E-state index is 13.3. The molecule has 0 unspecified atom stereocenters. The summed E-state index contributed by atoms with van der Waals surface area (Å²) in [7, 11) is -3.58. The zero-order valence-electron chi connectivity index (χ0n) is 19.8. The second-order valence-corrected chi connectivity index (χ2v) is 11.2. The molecule has 5 rings (SSSR count). The monoisotopic (exact) mass is 519 g/mol. The minimum absolute atomic E-state index is 0.226. The number of nitrogens with one attached hydrogen (secondary N) is 1. The molecular formula is C28H26ClN3O3S. The summed E-state index contributed by atoms with van der Waals surface area (Å²) in [6.45, 7) is 3.46. The quantitative estimate of drug-likeness (QED) is 0.374. The van der Waals surface area contributed by atoms with Crippen molar-refractivity contribution in [2.24, 2.45) is 0 Å². The third kappa shape index (κ3) is 4.69. The van der Waals surface area contributed by atoms with Gasteiger partial charge in [-0.1, -0.05) is 71.8 Å². The first-order valence-electron chi connectivity index (χ1n) is 11.7. The van der Waals surface area contributed by atoms with Crippen LogP contribution in [0.2, 0.25) is 5.02 Å². The first-order chi connectivity index (χ1) is 17.3. The van der Waals surface area contributed by atoms with Crippen molar-refractivity contribution in [2.45, 2.75) is 11.8 Å². The Balaban J connectivity index is 1.36. The predicted octanol–water partition coefficient (Wildman–Crippen LogP) is 5.56. The van der Waals surface area contributed by atoms with Gasteiger partial charge in [-0.25, -0.2) is 8.42 Å². The smallest absolute Gasteiger partial charge is 0.256 e. The number of anilines is 2. The molecule has 4 aromatic rings. The zero-order valence-corrected chi connectivity index (χ0v) is 21.4. The molecule has 1 aliphatic heterocycles. The van der Waals surface area contributed by atoms with Gasteiger partial charge in [-0.3, -0.25) is 4.79 Å². The Morgan fingerprint density at radius 3 is 2.25 bits per heavy atom. The van der Waals surface area contributed by atoms with E-state index < -0.39 is 10.0 Å². The number of nitrogens with zero attached hydrogens (tertiary/aromatic N) is 2. The van der Waals surface area contributed by atoms with Gasteiger partial charge in [-0.05, 0) is 48.0 Å². The number of piperazine rings is 1. The molecule has 8 heteroatoms. The van der Waals surface area contributed by atoms with Crippen molar-refractivity contribution in [3.8, 4) is 0 Å². The van der Waals surface area contributed by atoms with Gasteiger partial charge in [0.05, 0.1) is 21.3 Å². The molecule has 6 nitrogen and oxygen atoms in total. The van der Waals surface area contributed by atoms with E-state index in [1.54, 1.807) is 42.5 Å². The Bertz CT molecular complexity index is 1520. The molecular weight excluding hydrogens is 494 g/mol. The van der Waals surface area contributed by atoms with E-state index in [1.807, 2.05) is 54.3 Å². The number of aryl methyl sites for hydroxylation is 1. The zero-order chi connectivity index (χ0) is 25.3. The van der Waals surface area contributed by atoms with Crippen LogP contribution in [0.4, 0.5) is 11.4 Å². The molecule has 184 valence electrons. The number of amides is 1. The lowest BCUT2D eigenvalue weighted by molar-refractivity contribution is 0.102. The number of hydrogen-bond donors (Lipinski definition) is 1. The Labute approximate surface area is 216 Å². The van der Waals surface area contributed by atoms with Gasteiger partial charge in [0.25, 0.3) is 5.91 Å². The van der Waals surface area contributed by atoms with Crippen molar-refractivity contribution < 1.29 is 13.2 Å². The van der Waals surface area contributed by atoms with Crippen LogP contribution in [0, 0.1) is 6.92 Å². The minimum Gasteiger partial charge on any atom is -0.366 e. The summed E-state index contributed by atoms with van der Waals surface area (Å²) in [6, 6.07) is 25.7. The molecule has 1 heterocycles. The average molecular weight is 520 g/mol. The fourth-order valence-corrected chi connectivity index (χ4v) is 6.28. The Morgan fingerprint density at radius 1 is 0.833 bits per heavy atom. The first-order valence-corrected chi connectivity index (χ1v) is 13.6. The van der Waals surface area contributed by atoms with Crippen LogP contribution in [-0.2, 0) is 10.0 Å². The lowest BCUT2D eigenvalue weighted by atomic mass is 10.0. The van der Waals surface area contributed by atoms with Gasteiger partial charge >= 0.3 is 0 Å². The maximum Gasteiger partial charge on any atom is 0.256 e. The second-order valence-electron chi connectivity index (χ2n) is 8.82. The number of carbonyl (C=O) groups excluding carboxylic acids is 1. The van der Waals surface area contributed by atoms with Gasteiger partial charge in [-0.15, -0.1) is 0 Å². The summed E-state index contributed by atoms with van der Waals surface area (Å²) < 4.78 is 27.7. The topological polar surface area (TPSA) is 69.7 Å². The second kappa shape index (κ2) is 9.93. The summed E-state index contributed by atoms with van der Waals surface area (Å²) in [6.07, 6.45) is 0. The van der Waals surface area contributed by atoms with E-state index >= 15 is 0 Å². The van der Waals surface area contributed by atoms with Crippen LogP contribution in [0.15, 0.2) is 89.8 Å². The number of rotatable bonds is 5. The van der Waals surface area contributed by atoms with Gasteiger partial charge in [0, 0.05) is 31.7 Å². The van der Waals surface area contributed by atoms with Gasteiger partial charge < -0.3 is 10.2 Å². The lowest BCUT2D eigenvalue weighted by Gasteiger charge is -2.36. The van der Waals surface area contributed by atoms with Gasteiger partial charge in [0.15, 0.2) is 0 Å². The van der Waals surface area contributed by atoms with Gasteiger partial charge in [0.1, 0.15) is 0 Å². The molecule has 0 aromatic heterocycles. The van der Waals surface area contributed by atoms with Crippen molar-refractivity contribution in [3.63, 3.8) is 0 Å². The molecule has 0 saturated carbocycles. The van der Waals surface area contributed by atoms with Crippen molar-refractivity contribution in [2.75, 3.05) is 36.4 Å². The van der Waals surface area contributed by atoms with Crippen LogP contribution in [0.25, 0.3) is 10.8 Å². The molecule has 0 spiro atoms. The molecule has 1 aliphatic rings. The largest absolute Gasteiger partial charge is 0.366 e. The highest BCUT2D eigenvalue weighted by atomic mass is 35.5. The number of para-hydroxylation sites is 1. The number of benzene rings is 4. The van der Waals surface area contributed by atoms with Crippen molar-refractivity contribution in [1.29, 1.82) is 0 Å². The fraction of sp³-hybridized carbons (Fsp3) is 0.179. The molecule has 4 aromatic carbocycles. The van der Waals surface area contributed by atoms with Crippen LogP contribution in [0.5, 0.6) is 0 Å². The molecule has 36 heavy (non-hydrogen) atoms. The van der Waals surface area contributed by atoms with Crippen LogP contribution >= 0.6 is 11.6 Å². The maximum absolute atomic E-state index is 13.3. The normalized spacial score (nSPS) is 14.7. The van der Waals surface area contributed by atoms with Crippen LogP contribution < -0.4 is 10.2 Å². The van der Waals surface area contributed by atoms with E-state index in [4.69, 9.17) is 11.6 Å². The molecule has 1 amide bonds. The first kappa shape index (κ1) is 24.3. The summed E-state index contributed by atoms with van der Waals surface area (Å²) >= 11 is 6.60. The Morgan fingerprint density at radius 2 is 1.50 bits per heavy atom.